The predicted octanol–water partition coefficient (Wildman–Crippen LogP) is 2.66. The first-order valence-electron chi connectivity index (χ1n) is 8.65. The van der Waals surface area contributed by atoms with Crippen LogP contribution in [-0.4, -0.2) is 35.5 Å². The molecule has 1 aliphatic rings. The molecule has 1 N–H and O–H groups in total. The van der Waals surface area contributed by atoms with E-state index in [1.54, 1.807) is 18.4 Å². The first-order chi connectivity index (χ1) is 12.1. The maximum atomic E-state index is 12.8. The minimum absolute atomic E-state index is 0.0949. The number of nitrogens with zero attached hydrogens (tertiary/aromatic N) is 2. The fraction of sp³-hybridized carbons (Fsp3) is 0.474. The van der Waals surface area contributed by atoms with Gasteiger partial charge in [-0.2, -0.15) is 0 Å². The van der Waals surface area contributed by atoms with Gasteiger partial charge in [0.2, 0.25) is 5.91 Å². The third-order valence-electron chi connectivity index (χ3n) is 4.68. The first-order valence-corrected chi connectivity index (χ1v) is 9.46. The highest BCUT2D eigenvalue weighted by atomic mass is 32.1. The highest BCUT2D eigenvalue weighted by Gasteiger charge is 2.30. The second kappa shape index (κ2) is 8.08. The summed E-state index contributed by atoms with van der Waals surface area (Å²) in [5.74, 6) is 0.0949. The van der Waals surface area contributed by atoms with Crippen LogP contribution in [0.4, 0.5) is 0 Å². The van der Waals surface area contributed by atoms with E-state index in [4.69, 9.17) is 4.74 Å². The van der Waals surface area contributed by atoms with Gasteiger partial charge in [-0.3, -0.25) is 9.69 Å². The summed E-state index contributed by atoms with van der Waals surface area (Å²) in [5, 5.41) is 4.06. The van der Waals surface area contributed by atoms with E-state index in [-0.39, 0.29) is 11.9 Å². The number of fused-ring (bicyclic) bond motifs is 1. The van der Waals surface area contributed by atoms with Crippen molar-refractivity contribution in [3.05, 3.63) is 51.0 Å². The van der Waals surface area contributed by atoms with Crippen LogP contribution in [0.25, 0.3) is 0 Å². The lowest BCUT2D eigenvalue weighted by Gasteiger charge is -2.35. The van der Waals surface area contributed by atoms with Crippen molar-refractivity contribution in [3.63, 3.8) is 0 Å². The molecule has 25 heavy (non-hydrogen) atoms. The first kappa shape index (κ1) is 18.0. The maximum Gasteiger partial charge on any atom is 0.238 e. The summed E-state index contributed by atoms with van der Waals surface area (Å²) in [6.07, 6.45) is 0.770. The van der Waals surface area contributed by atoms with Crippen molar-refractivity contribution < 1.29 is 9.53 Å². The summed E-state index contributed by atoms with van der Waals surface area (Å²) >= 11 is 1.60. The van der Waals surface area contributed by atoms with Gasteiger partial charge in [-0.1, -0.05) is 31.2 Å². The van der Waals surface area contributed by atoms with Gasteiger partial charge in [-0.15, -0.1) is 11.3 Å². The van der Waals surface area contributed by atoms with Crippen molar-refractivity contribution in [3.8, 4) is 0 Å². The maximum absolute atomic E-state index is 12.8. The molecule has 0 radical (unpaired) electrons. The van der Waals surface area contributed by atoms with Crippen molar-refractivity contribution in [1.82, 2.24) is 15.2 Å². The van der Waals surface area contributed by atoms with Gasteiger partial charge in [0.15, 0.2) is 0 Å². The summed E-state index contributed by atoms with van der Waals surface area (Å²) in [4.78, 5) is 20.6. The minimum Gasteiger partial charge on any atom is -0.378 e. The number of hydrogen-bond acceptors (Lipinski definition) is 5. The molecule has 0 fully saturated rings. The Bertz CT molecular complexity index is 744. The number of likely N-dealkylation sites (N-methyl/N-ethyl adjacent to an activating group) is 1. The Morgan fingerprint density at radius 1 is 1.40 bits per heavy atom. The van der Waals surface area contributed by atoms with Crippen LogP contribution in [0.5, 0.6) is 0 Å². The molecule has 1 aliphatic heterocycles. The number of ether oxygens (including phenoxy) is 1. The Hall–Kier alpha value is -1.76. The van der Waals surface area contributed by atoms with E-state index in [1.165, 1.54) is 11.1 Å². The van der Waals surface area contributed by atoms with E-state index in [1.807, 2.05) is 13.0 Å². The lowest BCUT2D eigenvalue weighted by atomic mass is 9.93. The molecule has 1 atom stereocenters. The normalized spacial score (nSPS) is 17.3. The molecule has 0 saturated heterocycles. The number of amides is 1. The summed E-state index contributed by atoms with van der Waals surface area (Å²) in [6, 6.07) is 8.30. The quantitative estimate of drug-likeness (QED) is 0.862. The van der Waals surface area contributed by atoms with Crippen LogP contribution in [-0.2, 0) is 35.6 Å². The molecule has 0 unspecified atom stereocenters. The lowest BCUT2D eigenvalue weighted by molar-refractivity contribution is -0.127. The summed E-state index contributed by atoms with van der Waals surface area (Å²) in [7, 11) is 1.67. The number of thiazole rings is 1. The Kier molecular flexibility index (Phi) is 5.83. The van der Waals surface area contributed by atoms with Crippen LogP contribution >= 0.6 is 11.3 Å². The molecule has 1 aromatic heterocycles. The molecule has 0 spiro atoms. The minimum atomic E-state index is -0.105. The summed E-state index contributed by atoms with van der Waals surface area (Å²) < 4.78 is 5.13. The third kappa shape index (κ3) is 4.08. The number of aryl methyl sites for hydroxylation is 1. The zero-order chi connectivity index (χ0) is 17.8. The molecule has 2 aromatic rings. The van der Waals surface area contributed by atoms with Crippen LogP contribution < -0.4 is 5.32 Å². The number of nitrogens with one attached hydrogen (secondary N) is 1. The number of carbonyl (C=O) groups excluding carboxylic acids is 1. The SMILES string of the molecule is CCN1Cc2ccccc2C[C@@H]1C(=O)NCc1sc(COC)nc1C. The second-order valence-corrected chi connectivity index (χ2v) is 7.49. The highest BCUT2D eigenvalue weighted by molar-refractivity contribution is 7.11. The van der Waals surface area contributed by atoms with Gasteiger partial charge in [0.1, 0.15) is 5.01 Å². The van der Waals surface area contributed by atoms with Crippen LogP contribution in [0.2, 0.25) is 0 Å². The standard InChI is InChI=1S/C19H25N3O2S/c1-4-22-11-15-8-6-5-7-14(15)9-16(22)19(23)20-10-17-13(2)21-18(25-17)12-24-3/h5-8,16H,4,9-12H2,1-3H3,(H,20,23)/t16-/m1/s1. The zero-order valence-electron chi connectivity index (χ0n) is 15.0. The number of rotatable bonds is 6. The number of carbonyl (C=O) groups is 1. The summed E-state index contributed by atoms with van der Waals surface area (Å²) in [5.41, 5.74) is 3.58. The smallest absolute Gasteiger partial charge is 0.238 e. The number of hydrogen-bond donors (Lipinski definition) is 1. The number of methoxy groups -OCH3 is 1. The molecule has 5 nitrogen and oxygen atoms in total. The number of aromatic nitrogens is 1. The number of benzene rings is 1. The van der Waals surface area contributed by atoms with Gasteiger partial charge in [0.05, 0.1) is 24.9 Å². The molecule has 3 rings (SSSR count). The summed E-state index contributed by atoms with van der Waals surface area (Å²) in [6.45, 7) is 6.83. The Morgan fingerprint density at radius 2 is 2.16 bits per heavy atom. The van der Waals surface area contributed by atoms with Crippen LogP contribution in [0.1, 0.15) is 33.6 Å². The average molecular weight is 359 g/mol. The molecule has 0 aliphatic carbocycles. The van der Waals surface area contributed by atoms with E-state index >= 15 is 0 Å². The monoisotopic (exact) mass is 359 g/mol. The van der Waals surface area contributed by atoms with Crippen molar-refractivity contribution in [2.24, 2.45) is 0 Å². The molecule has 6 heteroatoms. The molecular weight excluding hydrogens is 334 g/mol. The predicted molar refractivity (Wildman–Crippen MR) is 99.4 cm³/mol. The van der Waals surface area contributed by atoms with E-state index in [9.17, 15) is 4.79 Å². The van der Waals surface area contributed by atoms with Gasteiger partial charge in [-0.05, 0) is 31.0 Å². The fourth-order valence-corrected chi connectivity index (χ4v) is 4.27. The van der Waals surface area contributed by atoms with Crippen LogP contribution in [0, 0.1) is 6.92 Å². The van der Waals surface area contributed by atoms with Crippen LogP contribution in [0.3, 0.4) is 0 Å². The molecule has 1 amide bonds. The van der Waals surface area contributed by atoms with Gasteiger partial charge in [-0.25, -0.2) is 4.98 Å². The van der Waals surface area contributed by atoms with E-state index < -0.39 is 0 Å². The van der Waals surface area contributed by atoms with E-state index in [0.29, 0.717) is 13.2 Å². The Morgan fingerprint density at radius 3 is 2.88 bits per heavy atom. The van der Waals surface area contributed by atoms with Crippen molar-refractivity contribution in [2.45, 2.75) is 46.0 Å². The third-order valence-corrected chi connectivity index (χ3v) is 5.81. The van der Waals surface area contributed by atoms with Gasteiger partial charge >= 0.3 is 0 Å². The average Bonchev–Trinajstić information content (AvgIpc) is 2.98. The van der Waals surface area contributed by atoms with Crippen molar-refractivity contribution >= 4 is 17.2 Å². The molecule has 2 heterocycles. The van der Waals surface area contributed by atoms with Crippen molar-refractivity contribution in [1.29, 1.82) is 0 Å². The molecule has 0 bridgehead atoms. The van der Waals surface area contributed by atoms with Crippen molar-refractivity contribution in [2.75, 3.05) is 13.7 Å². The molecular formula is C19H25N3O2S. The fourth-order valence-electron chi connectivity index (χ4n) is 3.29. The molecule has 1 aromatic carbocycles. The van der Waals surface area contributed by atoms with Gasteiger partial charge < -0.3 is 10.1 Å². The van der Waals surface area contributed by atoms with E-state index in [2.05, 4.69) is 40.3 Å². The van der Waals surface area contributed by atoms with Gasteiger partial charge in [0.25, 0.3) is 0 Å². The Balaban J connectivity index is 1.66. The largest absolute Gasteiger partial charge is 0.378 e. The highest BCUT2D eigenvalue weighted by Crippen LogP contribution is 2.24. The van der Waals surface area contributed by atoms with Gasteiger partial charge in [0, 0.05) is 18.5 Å². The Labute approximate surface area is 153 Å². The topological polar surface area (TPSA) is 54.5 Å². The lowest BCUT2D eigenvalue weighted by Crippen LogP contribution is -2.49. The molecule has 134 valence electrons. The zero-order valence-corrected chi connectivity index (χ0v) is 15.9. The second-order valence-electron chi connectivity index (χ2n) is 6.32. The molecule has 0 saturated carbocycles. The van der Waals surface area contributed by atoms with E-state index in [0.717, 1.165) is 35.1 Å². The van der Waals surface area contributed by atoms with Crippen LogP contribution in [0.15, 0.2) is 24.3 Å².